The molecule has 1 N–H and O–H groups in total. The Morgan fingerprint density at radius 3 is 2.83 bits per heavy atom. The molecule has 0 unspecified atom stereocenters. The Morgan fingerprint density at radius 1 is 1.10 bits per heavy atom. The van der Waals surface area contributed by atoms with Crippen molar-refractivity contribution in [3.63, 3.8) is 0 Å². The number of anilines is 1. The van der Waals surface area contributed by atoms with E-state index < -0.39 is 16.1 Å². The molecule has 0 aromatic heterocycles. The third-order valence-electron chi connectivity index (χ3n) is 5.33. The van der Waals surface area contributed by atoms with Crippen LogP contribution in [-0.4, -0.2) is 44.4 Å². The summed E-state index contributed by atoms with van der Waals surface area (Å²) in [4.78, 5) is 15.1. The summed E-state index contributed by atoms with van der Waals surface area (Å²) in [6.45, 7) is 0.735. The molecule has 1 saturated heterocycles. The molecule has 150 valence electrons. The highest BCUT2D eigenvalue weighted by atomic mass is 32.2. The number of hydrogen-bond acceptors (Lipinski definition) is 6. The van der Waals surface area contributed by atoms with Crippen LogP contribution in [0, 0.1) is 0 Å². The maximum atomic E-state index is 13.1. The Labute approximate surface area is 168 Å². The molecule has 1 fully saturated rings. The van der Waals surface area contributed by atoms with Gasteiger partial charge >= 0.3 is 0 Å². The van der Waals surface area contributed by atoms with Gasteiger partial charge in [-0.1, -0.05) is 12.1 Å². The molecular formula is C20H19N3O5S. The Balaban J connectivity index is 1.43. The van der Waals surface area contributed by atoms with Crippen LogP contribution in [-0.2, 0) is 14.8 Å². The first-order valence-corrected chi connectivity index (χ1v) is 10.9. The molecule has 3 heterocycles. The van der Waals surface area contributed by atoms with Gasteiger partial charge in [0.2, 0.25) is 12.7 Å². The third-order valence-corrected chi connectivity index (χ3v) is 6.66. The zero-order chi connectivity index (χ0) is 20.0. The van der Waals surface area contributed by atoms with E-state index in [9.17, 15) is 13.2 Å². The molecule has 0 saturated carbocycles. The molecule has 2 aromatic carbocycles. The number of benzene rings is 2. The van der Waals surface area contributed by atoms with Gasteiger partial charge in [-0.05, 0) is 43.5 Å². The number of ether oxygens (including phenoxy) is 2. The summed E-state index contributed by atoms with van der Waals surface area (Å²) in [5.41, 5.74) is 1.15. The van der Waals surface area contributed by atoms with E-state index in [1.54, 1.807) is 42.5 Å². The van der Waals surface area contributed by atoms with Gasteiger partial charge in [-0.15, -0.1) is 4.40 Å². The minimum absolute atomic E-state index is 0.164. The molecule has 0 aliphatic carbocycles. The fraction of sp³-hybridized carbons (Fsp3) is 0.300. The Morgan fingerprint density at radius 2 is 1.93 bits per heavy atom. The van der Waals surface area contributed by atoms with E-state index in [2.05, 4.69) is 9.71 Å². The second-order valence-corrected chi connectivity index (χ2v) is 8.72. The summed E-state index contributed by atoms with van der Waals surface area (Å²) in [5, 5.41) is 2.92. The maximum Gasteiger partial charge on any atom is 0.285 e. The van der Waals surface area contributed by atoms with Gasteiger partial charge in [-0.2, -0.15) is 8.42 Å². The molecule has 3 aliphatic heterocycles. The molecule has 8 nitrogen and oxygen atoms in total. The maximum absolute atomic E-state index is 13.1. The van der Waals surface area contributed by atoms with Crippen LogP contribution in [0.5, 0.6) is 11.5 Å². The standard InChI is InChI=1S/C20H19N3O5S/c24-20(21-13-8-9-16-17(11-13)28-12-27-16)15-6-3-4-10-23(15)19-14-5-1-2-7-18(14)29(25,26)22-19/h1-2,5,7-9,11,15H,3-4,6,10,12H2,(H,21,24)/t15-/m0/s1. The van der Waals surface area contributed by atoms with Gasteiger partial charge in [-0.3, -0.25) is 4.79 Å². The van der Waals surface area contributed by atoms with Crippen molar-refractivity contribution in [2.24, 2.45) is 4.40 Å². The first kappa shape index (κ1) is 18.0. The lowest BCUT2D eigenvalue weighted by Gasteiger charge is -2.36. The number of piperidine rings is 1. The number of likely N-dealkylation sites (tertiary alicyclic amines) is 1. The van der Waals surface area contributed by atoms with Crippen molar-refractivity contribution in [3.05, 3.63) is 48.0 Å². The average Bonchev–Trinajstić information content (AvgIpc) is 3.30. The quantitative estimate of drug-likeness (QED) is 0.812. The first-order chi connectivity index (χ1) is 14.0. The summed E-state index contributed by atoms with van der Waals surface area (Å²) in [6.07, 6.45) is 2.38. The summed E-state index contributed by atoms with van der Waals surface area (Å²) >= 11 is 0. The smallest absolute Gasteiger partial charge is 0.285 e. The normalized spacial score (nSPS) is 21.4. The number of amides is 1. The molecule has 29 heavy (non-hydrogen) atoms. The van der Waals surface area contributed by atoms with Gasteiger partial charge in [0, 0.05) is 23.9 Å². The van der Waals surface area contributed by atoms with Crippen molar-refractivity contribution in [1.29, 1.82) is 0 Å². The molecular weight excluding hydrogens is 394 g/mol. The average molecular weight is 413 g/mol. The minimum atomic E-state index is -3.73. The highest BCUT2D eigenvalue weighted by Crippen LogP contribution is 2.35. The van der Waals surface area contributed by atoms with E-state index in [0.717, 1.165) is 12.8 Å². The van der Waals surface area contributed by atoms with Crippen molar-refractivity contribution >= 4 is 27.5 Å². The lowest BCUT2D eigenvalue weighted by molar-refractivity contribution is -0.120. The Bertz CT molecular complexity index is 1130. The van der Waals surface area contributed by atoms with Crippen molar-refractivity contribution in [3.8, 4) is 11.5 Å². The van der Waals surface area contributed by atoms with Crippen LogP contribution in [0.25, 0.3) is 0 Å². The Hall–Kier alpha value is -3.07. The van der Waals surface area contributed by atoms with Crippen molar-refractivity contribution in [2.45, 2.75) is 30.2 Å². The second-order valence-electron chi connectivity index (χ2n) is 7.15. The molecule has 3 aliphatic rings. The monoisotopic (exact) mass is 413 g/mol. The van der Waals surface area contributed by atoms with E-state index >= 15 is 0 Å². The van der Waals surface area contributed by atoms with Crippen molar-refractivity contribution in [1.82, 2.24) is 4.90 Å². The molecule has 1 atom stereocenters. The third kappa shape index (κ3) is 3.11. The molecule has 2 aromatic rings. The van der Waals surface area contributed by atoms with Crippen LogP contribution >= 0.6 is 0 Å². The fourth-order valence-electron chi connectivity index (χ4n) is 3.95. The first-order valence-electron chi connectivity index (χ1n) is 9.44. The van der Waals surface area contributed by atoms with E-state index in [0.29, 0.717) is 41.6 Å². The van der Waals surface area contributed by atoms with Gasteiger partial charge < -0.3 is 19.7 Å². The van der Waals surface area contributed by atoms with Crippen LogP contribution in [0.3, 0.4) is 0 Å². The summed E-state index contributed by atoms with van der Waals surface area (Å²) in [7, 11) is -3.73. The Kier molecular flexibility index (Phi) is 4.20. The summed E-state index contributed by atoms with van der Waals surface area (Å²) in [5.74, 6) is 1.38. The molecule has 9 heteroatoms. The predicted octanol–water partition coefficient (Wildman–Crippen LogP) is 2.36. The van der Waals surface area contributed by atoms with E-state index in [1.165, 1.54) is 0 Å². The minimum Gasteiger partial charge on any atom is -0.454 e. The number of hydrogen-bond donors (Lipinski definition) is 1. The topological polar surface area (TPSA) is 97.3 Å². The highest BCUT2D eigenvalue weighted by molar-refractivity contribution is 7.90. The number of fused-ring (bicyclic) bond motifs is 2. The van der Waals surface area contributed by atoms with Crippen LogP contribution < -0.4 is 14.8 Å². The van der Waals surface area contributed by atoms with E-state index in [4.69, 9.17) is 9.47 Å². The molecule has 0 spiro atoms. The van der Waals surface area contributed by atoms with Crippen LogP contribution in [0.4, 0.5) is 5.69 Å². The van der Waals surface area contributed by atoms with Crippen LogP contribution in [0.1, 0.15) is 24.8 Å². The van der Waals surface area contributed by atoms with E-state index in [-0.39, 0.29) is 17.6 Å². The van der Waals surface area contributed by atoms with Gasteiger partial charge in [0.15, 0.2) is 17.3 Å². The number of nitrogens with one attached hydrogen (secondary N) is 1. The van der Waals surface area contributed by atoms with Crippen molar-refractivity contribution < 1.29 is 22.7 Å². The van der Waals surface area contributed by atoms with Gasteiger partial charge in [0.1, 0.15) is 10.9 Å². The lowest BCUT2D eigenvalue weighted by atomic mass is 9.99. The zero-order valence-corrected chi connectivity index (χ0v) is 16.3. The summed E-state index contributed by atoms with van der Waals surface area (Å²) < 4.78 is 39.5. The molecule has 5 rings (SSSR count). The molecule has 0 radical (unpaired) electrons. The number of sulfonamides is 1. The number of carbonyl (C=O) groups is 1. The zero-order valence-electron chi connectivity index (χ0n) is 15.5. The van der Waals surface area contributed by atoms with Crippen molar-refractivity contribution in [2.75, 3.05) is 18.7 Å². The van der Waals surface area contributed by atoms with Gasteiger partial charge in [-0.25, -0.2) is 0 Å². The molecule has 0 bridgehead atoms. The summed E-state index contributed by atoms with van der Waals surface area (Å²) in [6, 6.07) is 11.5. The molecule has 1 amide bonds. The number of carbonyl (C=O) groups excluding carboxylic acids is 1. The van der Waals surface area contributed by atoms with Gasteiger partial charge in [0.25, 0.3) is 10.0 Å². The predicted molar refractivity (Wildman–Crippen MR) is 106 cm³/mol. The number of rotatable bonds is 2. The highest BCUT2D eigenvalue weighted by Gasteiger charge is 2.38. The fourth-order valence-corrected chi connectivity index (χ4v) is 5.17. The van der Waals surface area contributed by atoms with Crippen LogP contribution in [0.2, 0.25) is 0 Å². The van der Waals surface area contributed by atoms with E-state index in [1.807, 2.05) is 4.90 Å². The SMILES string of the molecule is O=C(Nc1ccc2c(c1)OCO2)[C@@H]1CCCCN1C1=NS(=O)(=O)c2ccccc21. The number of amidine groups is 1. The second kappa shape index (κ2) is 6.77. The lowest BCUT2D eigenvalue weighted by Crippen LogP contribution is -2.50. The van der Waals surface area contributed by atoms with Gasteiger partial charge in [0.05, 0.1) is 0 Å². The van der Waals surface area contributed by atoms with Crippen LogP contribution in [0.15, 0.2) is 51.8 Å². The number of nitrogens with zero attached hydrogens (tertiary/aromatic N) is 2. The largest absolute Gasteiger partial charge is 0.454 e.